The smallest absolute Gasteiger partial charge is 0.250 e. The third-order valence-electron chi connectivity index (χ3n) is 1.97. The lowest BCUT2D eigenvalue weighted by Gasteiger charge is -2.18. The van der Waals surface area contributed by atoms with Crippen LogP contribution in [0.3, 0.4) is 0 Å². The van der Waals surface area contributed by atoms with Gasteiger partial charge in [-0.05, 0) is 12.1 Å². The van der Waals surface area contributed by atoms with E-state index >= 15 is 0 Å². The first kappa shape index (κ1) is 9.30. The molecule has 1 aliphatic heterocycles. The number of hydrogen-bond acceptors (Lipinski definition) is 3. The lowest BCUT2D eigenvalue weighted by Crippen LogP contribution is -2.15. The molecule has 0 spiro atoms. The Morgan fingerprint density at radius 3 is 3.00 bits per heavy atom. The summed E-state index contributed by atoms with van der Waals surface area (Å²) in [6.45, 7) is 0.626. The summed E-state index contributed by atoms with van der Waals surface area (Å²) in [4.78, 5) is 11.0. The third-order valence-corrected chi connectivity index (χ3v) is 2.28. The first-order chi connectivity index (χ1) is 6.68. The number of halogens is 1. The molecule has 74 valence electrons. The SMILES string of the molecule is NC(=O)c1cc2c(cc1Cl)COCO2. The minimum Gasteiger partial charge on any atom is -0.467 e. The summed E-state index contributed by atoms with van der Waals surface area (Å²) in [6, 6.07) is 3.18. The van der Waals surface area contributed by atoms with Gasteiger partial charge in [0.25, 0.3) is 0 Å². The predicted molar refractivity (Wildman–Crippen MR) is 50.3 cm³/mol. The molecule has 2 rings (SSSR count). The maximum atomic E-state index is 11.0. The number of primary amides is 1. The zero-order valence-electron chi connectivity index (χ0n) is 7.25. The molecule has 0 saturated heterocycles. The van der Waals surface area contributed by atoms with Crippen LogP contribution >= 0.6 is 11.6 Å². The largest absolute Gasteiger partial charge is 0.467 e. The molecule has 1 aliphatic rings. The fourth-order valence-electron chi connectivity index (χ4n) is 1.29. The van der Waals surface area contributed by atoms with Gasteiger partial charge in [-0.3, -0.25) is 4.79 Å². The highest BCUT2D eigenvalue weighted by atomic mass is 35.5. The number of carbonyl (C=O) groups excluding carboxylic acids is 1. The van der Waals surface area contributed by atoms with Crippen LogP contribution in [0, 0.1) is 0 Å². The van der Waals surface area contributed by atoms with Crippen molar-refractivity contribution >= 4 is 17.5 Å². The van der Waals surface area contributed by atoms with Crippen LogP contribution in [0.4, 0.5) is 0 Å². The molecular formula is C9H8ClNO3. The van der Waals surface area contributed by atoms with Gasteiger partial charge in [0, 0.05) is 5.56 Å². The van der Waals surface area contributed by atoms with E-state index in [0.717, 1.165) is 5.56 Å². The third kappa shape index (κ3) is 1.54. The van der Waals surface area contributed by atoms with E-state index in [4.69, 9.17) is 26.8 Å². The zero-order chi connectivity index (χ0) is 10.1. The summed E-state index contributed by atoms with van der Waals surface area (Å²) in [6.07, 6.45) is 0. The Morgan fingerprint density at radius 1 is 1.50 bits per heavy atom. The Hall–Kier alpha value is -1.26. The highest BCUT2D eigenvalue weighted by Gasteiger charge is 2.16. The monoisotopic (exact) mass is 213 g/mol. The molecule has 0 saturated carbocycles. The highest BCUT2D eigenvalue weighted by molar-refractivity contribution is 6.33. The number of rotatable bonds is 1. The van der Waals surface area contributed by atoms with Crippen molar-refractivity contribution in [1.29, 1.82) is 0 Å². The Labute approximate surface area is 85.6 Å². The van der Waals surface area contributed by atoms with Crippen molar-refractivity contribution in [2.24, 2.45) is 5.73 Å². The molecule has 0 aliphatic carbocycles. The van der Waals surface area contributed by atoms with Gasteiger partial charge in [-0.2, -0.15) is 0 Å². The minimum atomic E-state index is -0.562. The molecule has 1 aromatic rings. The van der Waals surface area contributed by atoms with Crippen LogP contribution < -0.4 is 10.5 Å². The molecular weight excluding hydrogens is 206 g/mol. The van der Waals surface area contributed by atoms with Crippen molar-refractivity contribution in [2.45, 2.75) is 6.61 Å². The van der Waals surface area contributed by atoms with E-state index in [2.05, 4.69) is 0 Å². The van der Waals surface area contributed by atoms with Crippen LogP contribution in [0.1, 0.15) is 15.9 Å². The van der Waals surface area contributed by atoms with Gasteiger partial charge in [0.2, 0.25) is 5.91 Å². The second-order valence-corrected chi connectivity index (χ2v) is 3.32. The fourth-order valence-corrected chi connectivity index (χ4v) is 1.57. The first-order valence-electron chi connectivity index (χ1n) is 4.01. The predicted octanol–water partition coefficient (Wildman–Crippen LogP) is 1.31. The summed E-state index contributed by atoms with van der Waals surface area (Å²) in [5, 5.41) is 0.324. The Morgan fingerprint density at radius 2 is 2.29 bits per heavy atom. The van der Waals surface area contributed by atoms with Crippen LogP contribution in [0.15, 0.2) is 12.1 Å². The Bertz CT molecular complexity index is 392. The van der Waals surface area contributed by atoms with Gasteiger partial charge in [-0.25, -0.2) is 0 Å². The van der Waals surface area contributed by atoms with Crippen LogP contribution in [0.25, 0.3) is 0 Å². The number of fused-ring (bicyclic) bond motifs is 1. The molecule has 5 heteroatoms. The molecule has 4 nitrogen and oxygen atoms in total. The lowest BCUT2D eigenvalue weighted by molar-refractivity contribution is -0.0164. The molecule has 0 bridgehead atoms. The van der Waals surface area contributed by atoms with Crippen molar-refractivity contribution in [3.63, 3.8) is 0 Å². The van der Waals surface area contributed by atoms with Crippen LogP contribution in [-0.4, -0.2) is 12.7 Å². The number of nitrogens with two attached hydrogens (primary N) is 1. The van der Waals surface area contributed by atoms with Crippen molar-refractivity contribution < 1.29 is 14.3 Å². The van der Waals surface area contributed by atoms with E-state index in [9.17, 15) is 4.79 Å². The standard InChI is InChI=1S/C9H8ClNO3/c10-7-1-5-3-13-4-14-8(5)2-6(7)9(11)12/h1-2H,3-4H2,(H2,11,12). The van der Waals surface area contributed by atoms with Gasteiger partial charge >= 0.3 is 0 Å². The number of hydrogen-bond donors (Lipinski definition) is 1. The number of ether oxygens (including phenoxy) is 2. The topological polar surface area (TPSA) is 61.6 Å². The van der Waals surface area contributed by atoms with E-state index in [1.165, 1.54) is 0 Å². The van der Waals surface area contributed by atoms with Crippen LogP contribution in [0.2, 0.25) is 5.02 Å². The van der Waals surface area contributed by atoms with Gasteiger partial charge in [0.15, 0.2) is 6.79 Å². The van der Waals surface area contributed by atoms with Crippen LogP contribution in [0.5, 0.6) is 5.75 Å². The Balaban J connectivity index is 2.50. The maximum absolute atomic E-state index is 11.0. The van der Waals surface area contributed by atoms with Gasteiger partial charge in [-0.15, -0.1) is 0 Å². The van der Waals surface area contributed by atoms with E-state index in [1.54, 1.807) is 12.1 Å². The van der Waals surface area contributed by atoms with E-state index in [-0.39, 0.29) is 12.4 Å². The summed E-state index contributed by atoms with van der Waals surface area (Å²) in [5.74, 6) is 0.0438. The zero-order valence-corrected chi connectivity index (χ0v) is 8.00. The Kier molecular flexibility index (Phi) is 2.31. The number of amides is 1. The molecule has 0 fully saturated rings. The van der Waals surface area contributed by atoms with Crippen molar-refractivity contribution in [1.82, 2.24) is 0 Å². The number of carbonyl (C=O) groups is 1. The maximum Gasteiger partial charge on any atom is 0.250 e. The van der Waals surface area contributed by atoms with Gasteiger partial charge < -0.3 is 15.2 Å². The molecule has 0 aromatic heterocycles. The molecule has 0 unspecified atom stereocenters. The normalized spacial score (nSPS) is 14.4. The van der Waals surface area contributed by atoms with Gasteiger partial charge in [0.05, 0.1) is 17.2 Å². The molecule has 0 radical (unpaired) electrons. The second kappa shape index (κ2) is 3.48. The van der Waals surface area contributed by atoms with E-state index in [0.29, 0.717) is 17.4 Å². The molecule has 0 atom stereocenters. The van der Waals surface area contributed by atoms with Crippen LogP contribution in [-0.2, 0) is 11.3 Å². The highest BCUT2D eigenvalue weighted by Crippen LogP contribution is 2.29. The number of benzene rings is 1. The van der Waals surface area contributed by atoms with Gasteiger partial charge in [-0.1, -0.05) is 11.6 Å². The average Bonchev–Trinajstić information content (AvgIpc) is 2.16. The summed E-state index contributed by atoms with van der Waals surface area (Å²) in [5.41, 5.74) is 6.23. The quantitative estimate of drug-likeness (QED) is 0.765. The second-order valence-electron chi connectivity index (χ2n) is 2.91. The molecule has 1 amide bonds. The lowest BCUT2D eigenvalue weighted by atomic mass is 10.1. The van der Waals surface area contributed by atoms with Crippen molar-refractivity contribution in [2.75, 3.05) is 6.79 Å². The summed E-state index contributed by atoms with van der Waals surface area (Å²) in [7, 11) is 0. The molecule has 2 N–H and O–H groups in total. The summed E-state index contributed by atoms with van der Waals surface area (Å²) < 4.78 is 10.2. The fraction of sp³-hybridized carbons (Fsp3) is 0.222. The molecule has 14 heavy (non-hydrogen) atoms. The van der Waals surface area contributed by atoms with Crippen molar-refractivity contribution in [3.05, 3.63) is 28.3 Å². The first-order valence-corrected chi connectivity index (χ1v) is 4.39. The summed E-state index contributed by atoms with van der Waals surface area (Å²) >= 11 is 5.84. The van der Waals surface area contributed by atoms with E-state index < -0.39 is 5.91 Å². The molecule has 1 aromatic carbocycles. The average molecular weight is 214 g/mol. The van der Waals surface area contributed by atoms with Gasteiger partial charge in [0.1, 0.15) is 5.75 Å². The molecule has 1 heterocycles. The van der Waals surface area contributed by atoms with Crippen molar-refractivity contribution in [3.8, 4) is 5.75 Å². The minimum absolute atomic E-state index is 0.187. The van der Waals surface area contributed by atoms with E-state index in [1.807, 2.05) is 0 Å².